The largest absolute Gasteiger partial charge is 0.103 e. The second kappa shape index (κ2) is 7.60. The van der Waals surface area contributed by atoms with E-state index >= 15 is 0 Å². The van der Waals surface area contributed by atoms with Crippen molar-refractivity contribution >= 4 is 0 Å². The van der Waals surface area contributed by atoms with E-state index in [1.807, 2.05) is 6.08 Å². The van der Waals surface area contributed by atoms with Crippen LogP contribution in [0.15, 0.2) is 48.1 Å². The van der Waals surface area contributed by atoms with Crippen molar-refractivity contribution < 1.29 is 0 Å². The molecular formula is C13H20. The van der Waals surface area contributed by atoms with Crippen LogP contribution in [-0.4, -0.2) is 0 Å². The Morgan fingerprint density at radius 1 is 1.08 bits per heavy atom. The molecule has 0 saturated carbocycles. The van der Waals surface area contributed by atoms with E-state index < -0.39 is 0 Å². The summed E-state index contributed by atoms with van der Waals surface area (Å²) in [7, 11) is 0. The Morgan fingerprint density at radius 2 is 1.77 bits per heavy atom. The summed E-state index contributed by atoms with van der Waals surface area (Å²) in [5, 5.41) is 0. The van der Waals surface area contributed by atoms with Gasteiger partial charge in [-0.25, -0.2) is 0 Å². The molecule has 0 saturated heterocycles. The molecule has 0 fully saturated rings. The van der Waals surface area contributed by atoms with E-state index in [-0.39, 0.29) is 0 Å². The van der Waals surface area contributed by atoms with E-state index in [4.69, 9.17) is 0 Å². The minimum absolute atomic E-state index is 0.952. The van der Waals surface area contributed by atoms with Crippen molar-refractivity contribution in [3.63, 3.8) is 0 Å². The molecular weight excluding hydrogens is 156 g/mol. The van der Waals surface area contributed by atoms with Crippen LogP contribution in [-0.2, 0) is 0 Å². The molecule has 0 radical (unpaired) electrons. The van der Waals surface area contributed by atoms with Crippen LogP contribution in [0.25, 0.3) is 0 Å². The summed E-state index contributed by atoms with van der Waals surface area (Å²) in [5.74, 6) is 0. The normalized spacial score (nSPS) is 11.8. The molecule has 0 unspecified atom stereocenters. The zero-order valence-corrected chi connectivity index (χ0v) is 9.01. The monoisotopic (exact) mass is 176 g/mol. The molecule has 0 rings (SSSR count). The maximum absolute atomic E-state index is 3.66. The Morgan fingerprint density at radius 3 is 2.31 bits per heavy atom. The molecule has 72 valence electrons. The smallest absolute Gasteiger partial charge is 0.0161 e. The van der Waals surface area contributed by atoms with Crippen LogP contribution in [0.4, 0.5) is 0 Å². The van der Waals surface area contributed by atoms with Crippen molar-refractivity contribution in [3.8, 4) is 0 Å². The van der Waals surface area contributed by atoms with Gasteiger partial charge in [0.15, 0.2) is 0 Å². The Hall–Kier alpha value is -1.04. The van der Waals surface area contributed by atoms with Crippen LogP contribution in [0.3, 0.4) is 0 Å². The van der Waals surface area contributed by atoms with Crippen LogP contribution < -0.4 is 0 Å². The third kappa shape index (κ3) is 8.87. The fraction of sp³-hybridized carbons (Fsp3) is 0.385. The molecule has 0 amide bonds. The zero-order chi connectivity index (χ0) is 10.1. The molecule has 0 aromatic rings. The van der Waals surface area contributed by atoms with E-state index in [1.54, 1.807) is 0 Å². The average molecular weight is 176 g/mol. The molecule has 0 aromatic heterocycles. The highest BCUT2D eigenvalue weighted by Gasteiger charge is 1.80. The Bertz CT molecular complexity index is 222. The summed E-state index contributed by atoms with van der Waals surface area (Å²) in [4.78, 5) is 0. The Labute approximate surface area is 82.4 Å². The summed E-state index contributed by atoms with van der Waals surface area (Å²) >= 11 is 0. The standard InChI is InChI=1S/C13H20/c1-5-6-7-10-13(4)11-8-9-12(2)3/h5,7,9-11H,1,6,8H2,2-4H3/b10-7+,13-11+. The molecule has 0 aliphatic rings. The predicted octanol–water partition coefficient (Wildman–Crippen LogP) is 4.42. The van der Waals surface area contributed by atoms with Crippen LogP contribution in [0.5, 0.6) is 0 Å². The van der Waals surface area contributed by atoms with Crippen LogP contribution in [0.2, 0.25) is 0 Å². The van der Waals surface area contributed by atoms with Gasteiger partial charge in [-0.1, -0.05) is 41.5 Å². The zero-order valence-electron chi connectivity index (χ0n) is 9.01. The van der Waals surface area contributed by atoms with Crippen LogP contribution >= 0.6 is 0 Å². The van der Waals surface area contributed by atoms with Crippen LogP contribution in [0.1, 0.15) is 33.6 Å². The fourth-order valence-corrected chi connectivity index (χ4v) is 0.899. The van der Waals surface area contributed by atoms with Crippen molar-refractivity contribution in [2.24, 2.45) is 0 Å². The van der Waals surface area contributed by atoms with E-state index in [0.717, 1.165) is 12.8 Å². The van der Waals surface area contributed by atoms with Crippen molar-refractivity contribution in [2.75, 3.05) is 0 Å². The molecule has 0 aliphatic heterocycles. The molecule has 0 aromatic carbocycles. The number of rotatable bonds is 5. The molecule has 0 heterocycles. The van der Waals surface area contributed by atoms with Gasteiger partial charge in [-0.05, 0) is 33.6 Å². The topological polar surface area (TPSA) is 0 Å². The first kappa shape index (κ1) is 12.0. The van der Waals surface area contributed by atoms with Gasteiger partial charge in [0.25, 0.3) is 0 Å². The molecule has 0 atom stereocenters. The number of hydrogen-bond acceptors (Lipinski definition) is 0. The lowest BCUT2D eigenvalue weighted by molar-refractivity contribution is 1.25. The first-order valence-electron chi connectivity index (χ1n) is 4.74. The van der Waals surface area contributed by atoms with Crippen molar-refractivity contribution in [2.45, 2.75) is 33.6 Å². The highest BCUT2D eigenvalue weighted by Crippen LogP contribution is 2.01. The predicted molar refractivity (Wildman–Crippen MR) is 61.8 cm³/mol. The maximum atomic E-state index is 3.66. The van der Waals surface area contributed by atoms with Crippen LogP contribution in [0, 0.1) is 0 Å². The van der Waals surface area contributed by atoms with Crippen molar-refractivity contribution in [3.05, 3.63) is 48.1 Å². The summed E-state index contributed by atoms with van der Waals surface area (Å²) in [6, 6.07) is 0. The summed E-state index contributed by atoms with van der Waals surface area (Å²) in [6.07, 6.45) is 12.6. The van der Waals surface area contributed by atoms with Gasteiger partial charge in [-0.15, -0.1) is 6.58 Å². The lowest BCUT2D eigenvalue weighted by Gasteiger charge is -1.91. The van der Waals surface area contributed by atoms with Gasteiger partial charge >= 0.3 is 0 Å². The fourth-order valence-electron chi connectivity index (χ4n) is 0.899. The van der Waals surface area contributed by atoms with E-state index in [2.05, 4.69) is 51.7 Å². The van der Waals surface area contributed by atoms with Gasteiger partial charge in [0.1, 0.15) is 0 Å². The SMILES string of the molecule is C=CC/C=C/C(C)=C/CC=C(C)C. The minimum Gasteiger partial charge on any atom is -0.103 e. The molecule has 0 bridgehead atoms. The Balaban J connectivity index is 3.88. The van der Waals surface area contributed by atoms with Gasteiger partial charge < -0.3 is 0 Å². The number of allylic oxidation sites excluding steroid dienone is 7. The first-order chi connectivity index (χ1) is 6.16. The molecule has 0 spiro atoms. The van der Waals surface area contributed by atoms with E-state index in [9.17, 15) is 0 Å². The second-order valence-corrected chi connectivity index (χ2v) is 3.39. The first-order valence-corrected chi connectivity index (χ1v) is 4.74. The molecule has 0 aliphatic carbocycles. The van der Waals surface area contributed by atoms with Gasteiger partial charge in [-0.2, -0.15) is 0 Å². The molecule has 0 heteroatoms. The number of hydrogen-bond donors (Lipinski definition) is 0. The van der Waals surface area contributed by atoms with Gasteiger partial charge in [0.05, 0.1) is 0 Å². The van der Waals surface area contributed by atoms with Gasteiger partial charge in [0, 0.05) is 0 Å². The summed E-state index contributed by atoms with van der Waals surface area (Å²) < 4.78 is 0. The lowest BCUT2D eigenvalue weighted by Crippen LogP contribution is -1.70. The minimum atomic E-state index is 0.952. The molecule has 0 nitrogen and oxygen atoms in total. The highest BCUT2D eigenvalue weighted by atomic mass is 13.9. The summed E-state index contributed by atoms with van der Waals surface area (Å²) in [5.41, 5.74) is 2.69. The highest BCUT2D eigenvalue weighted by molar-refractivity contribution is 5.18. The third-order valence-corrected chi connectivity index (χ3v) is 1.65. The van der Waals surface area contributed by atoms with Gasteiger partial charge in [-0.3, -0.25) is 0 Å². The molecule has 0 N–H and O–H groups in total. The summed E-state index contributed by atoms with van der Waals surface area (Å²) in [6.45, 7) is 10.0. The van der Waals surface area contributed by atoms with E-state index in [0.29, 0.717) is 0 Å². The maximum Gasteiger partial charge on any atom is -0.0161 e. The van der Waals surface area contributed by atoms with E-state index in [1.165, 1.54) is 11.1 Å². The van der Waals surface area contributed by atoms with Crippen molar-refractivity contribution in [1.29, 1.82) is 0 Å². The average Bonchev–Trinajstić information content (AvgIpc) is 2.04. The van der Waals surface area contributed by atoms with Crippen molar-refractivity contribution in [1.82, 2.24) is 0 Å². The molecule has 13 heavy (non-hydrogen) atoms. The third-order valence-electron chi connectivity index (χ3n) is 1.65. The lowest BCUT2D eigenvalue weighted by atomic mass is 10.2. The van der Waals surface area contributed by atoms with Gasteiger partial charge in [0.2, 0.25) is 0 Å². The Kier molecular flexibility index (Phi) is 6.99. The second-order valence-electron chi connectivity index (χ2n) is 3.39. The quantitative estimate of drug-likeness (QED) is 0.429.